The van der Waals surface area contributed by atoms with Crippen LogP contribution < -0.4 is 14.8 Å². The van der Waals surface area contributed by atoms with Crippen LogP contribution in [0.3, 0.4) is 0 Å². The van der Waals surface area contributed by atoms with Crippen molar-refractivity contribution in [1.29, 1.82) is 0 Å². The van der Waals surface area contributed by atoms with Gasteiger partial charge in [0.05, 0.1) is 36.0 Å². The maximum atomic E-state index is 15.2. The molecular weight excluding hydrogens is 547 g/mol. The normalized spacial score (nSPS) is 25.2. The van der Waals surface area contributed by atoms with Gasteiger partial charge in [-0.25, -0.2) is 9.37 Å². The SMILES string of the molecule is COCC(=O)NCCOc1cc(F)c2c(c1)CCC2Cc1nc2nc(O[C@@H]3CO[C@H]4[C@@H]3OC[C@H]4O)[nH]c2cc1Cl. The number of pyridine rings is 1. The molecule has 3 aromatic rings. The maximum Gasteiger partial charge on any atom is 0.296 e. The van der Waals surface area contributed by atoms with Crippen molar-refractivity contribution in [2.24, 2.45) is 0 Å². The number of carbonyl (C=O) groups excluding carboxylic acids is 1. The van der Waals surface area contributed by atoms with Crippen LogP contribution in [-0.4, -0.2) is 90.5 Å². The van der Waals surface area contributed by atoms with Crippen molar-refractivity contribution in [3.63, 3.8) is 0 Å². The van der Waals surface area contributed by atoms with Crippen LogP contribution in [0.15, 0.2) is 18.2 Å². The molecule has 2 aliphatic heterocycles. The van der Waals surface area contributed by atoms with Crippen LogP contribution >= 0.6 is 11.6 Å². The van der Waals surface area contributed by atoms with Crippen LogP contribution in [0.2, 0.25) is 5.02 Å². The number of rotatable bonds is 10. The number of methoxy groups -OCH3 is 1. The van der Waals surface area contributed by atoms with Crippen LogP contribution in [0.5, 0.6) is 11.8 Å². The van der Waals surface area contributed by atoms with Gasteiger partial charge in [0.25, 0.3) is 6.01 Å². The van der Waals surface area contributed by atoms with Gasteiger partial charge in [-0.3, -0.25) is 4.79 Å². The summed E-state index contributed by atoms with van der Waals surface area (Å²) in [6.45, 7) is 0.990. The second-order valence-corrected chi connectivity index (χ2v) is 10.6. The van der Waals surface area contributed by atoms with E-state index in [0.29, 0.717) is 52.6 Å². The first-order valence-electron chi connectivity index (χ1n) is 13.2. The minimum Gasteiger partial charge on any atom is -0.492 e. The van der Waals surface area contributed by atoms with Crippen LogP contribution in [0, 0.1) is 5.82 Å². The van der Waals surface area contributed by atoms with E-state index in [1.165, 1.54) is 13.2 Å². The molecule has 1 aromatic carbocycles. The summed E-state index contributed by atoms with van der Waals surface area (Å²) in [6.07, 6.45) is 0.0891. The van der Waals surface area contributed by atoms with Gasteiger partial charge in [-0.05, 0) is 48.4 Å². The fourth-order valence-corrected chi connectivity index (χ4v) is 5.90. The zero-order valence-electron chi connectivity index (χ0n) is 21.8. The third-order valence-corrected chi connectivity index (χ3v) is 7.82. The second kappa shape index (κ2) is 11.5. The molecule has 5 atom stereocenters. The average molecular weight is 577 g/mol. The molecule has 1 amide bonds. The van der Waals surface area contributed by atoms with E-state index in [2.05, 4.69) is 20.3 Å². The first-order valence-corrected chi connectivity index (χ1v) is 13.6. The van der Waals surface area contributed by atoms with Crippen molar-refractivity contribution >= 4 is 28.7 Å². The van der Waals surface area contributed by atoms with E-state index in [1.807, 2.05) is 6.07 Å². The molecule has 4 heterocycles. The number of aryl methyl sites for hydroxylation is 1. The van der Waals surface area contributed by atoms with E-state index in [1.54, 1.807) is 6.07 Å². The van der Waals surface area contributed by atoms with Crippen LogP contribution in [0.25, 0.3) is 11.2 Å². The van der Waals surface area contributed by atoms with Crippen LogP contribution in [-0.2, 0) is 31.8 Å². The van der Waals surface area contributed by atoms with Gasteiger partial charge >= 0.3 is 0 Å². The lowest BCUT2D eigenvalue weighted by atomic mass is 9.95. The highest BCUT2D eigenvalue weighted by Crippen LogP contribution is 2.40. The van der Waals surface area contributed by atoms with Gasteiger partial charge in [0.1, 0.15) is 43.1 Å². The lowest BCUT2D eigenvalue weighted by molar-refractivity contribution is -0.124. The van der Waals surface area contributed by atoms with Gasteiger partial charge in [-0.15, -0.1) is 0 Å². The van der Waals surface area contributed by atoms with Gasteiger partial charge < -0.3 is 39.1 Å². The quantitative estimate of drug-likeness (QED) is 0.310. The molecule has 0 spiro atoms. The Balaban J connectivity index is 1.11. The molecule has 1 unspecified atom stereocenters. The number of hydrogen-bond donors (Lipinski definition) is 3. The zero-order valence-corrected chi connectivity index (χ0v) is 22.6. The van der Waals surface area contributed by atoms with Crippen LogP contribution in [0.1, 0.15) is 29.2 Å². The number of carbonyl (C=O) groups is 1. The number of ether oxygens (including phenoxy) is 5. The van der Waals surface area contributed by atoms with E-state index >= 15 is 4.39 Å². The highest BCUT2D eigenvalue weighted by Gasteiger charge is 2.48. The summed E-state index contributed by atoms with van der Waals surface area (Å²) < 4.78 is 42.8. The number of nitrogens with zero attached hydrogens (tertiary/aromatic N) is 2. The van der Waals surface area contributed by atoms with Gasteiger partial charge in [0, 0.05) is 13.2 Å². The molecule has 3 N–H and O–H groups in total. The number of halogens is 2. The summed E-state index contributed by atoms with van der Waals surface area (Å²) in [4.78, 5) is 23.7. The number of fused-ring (bicyclic) bond motifs is 3. The third-order valence-electron chi connectivity index (χ3n) is 7.49. The molecule has 0 radical (unpaired) electrons. The number of aromatic nitrogens is 3. The van der Waals surface area contributed by atoms with E-state index in [9.17, 15) is 9.90 Å². The number of imidazole rings is 1. The largest absolute Gasteiger partial charge is 0.492 e. The summed E-state index contributed by atoms with van der Waals surface area (Å²) in [7, 11) is 1.45. The van der Waals surface area contributed by atoms with Gasteiger partial charge in [0.15, 0.2) is 11.8 Å². The molecule has 214 valence electrons. The molecule has 2 saturated heterocycles. The van der Waals surface area contributed by atoms with Crippen molar-refractivity contribution in [3.8, 4) is 11.8 Å². The van der Waals surface area contributed by atoms with E-state index in [4.69, 9.17) is 35.3 Å². The van der Waals surface area contributed by atoms with Gasteiger partial charge in [0.2, 0.25) is 5.91 Å². The lowest BCUT2D eigenvalue weighted by Gasteiger charge is -2.15. The first-order chi connectivity index (χ1) is 19.4. The number of aliphatic hydroxyl groups is 1. The summed E-state index contributed by atoms with van der Waals surface area (Å²) in [5, 5.41) is 13.1. The summed E-state index contributed by atoms with van der Waals surface area (Å²) >= 11 is 6.58. The Hall–Kier alpha value is -3.03. The number of aromatic amines is 1. The van der Waals surface area contributed by atoms with Gasteiger partial charge in [-0.2, -0.15) is 4.98 Å². The maximum absolute atomic E-state index is 15.2. The van der Waals surface area contributed by atoms with Crippen molar-refractivity contribution in [2.45, 2.75) is 49.6 Å². The molecule has 2 fully saturated rings. The molecule has 40 heavy (non-hydrogen) atoms. The molecule has 3 aliphatic rings. The number of H-pyrrole nitrogens is 1. The molecular formula is C27H30ClFN4O7. The highest BCUT2D eigenvalue weighted by atomic mass is 35.5. The molecule has 11 nitrogen and oxygen atoms in total. The summed E-state index contributed by atoms with van der Waals surface area (Å²) in [6, 6.07) is 5.25. The van der Waals surface area contributed by atoms with Gasteiger partial charge in [-0.1, -0.05) is 11.6 Å². The summed E-state index contributed by atoms with van der Waals surface area (Å²) in [5.74, 6) is -0.231. The number of amides is 1. The molecule has 0 saturated carbocycles. The topological polar surface area (TPSA) is 137 Å². The standard InChI is InChI=1S/C27H30ClFN4O7/c1-36-12-22(35)30-4-5-37-15-6-13-2-3-14(23(13)17(29)8-15)7-18-16(28)9-19-26(31-18)33-27(32-19)40-21-11-39-24-20(34)10-38-25(21)24/h6,8-9,14,20-21,24-25,34H,2-5,7,10-12H2,1H3,(H,30,35)(H,31,32,33)/t14?,20-,21-,24-,25-/m1/s1. The minimum atomic E-state index is -0.664. The fourth-order valence-electron chi connectivity index (χ4n) is 5.67. The Morgan fingerprint density at radius 2 is 2.10 bits per heavy atom. The molecule has 1 aliphatic carbocycles. The summed E-state index contributed by atoms with van der Waals surface area (Å²) in [5.41, 5.74) is 3.23. The Kier molecular flexibility index (Phi) is 7.78. The Morgan fingerprint density at radius 1 is 1.25 bits per heavy atom. The van der Waals surface area contributed by atoms with E-state index in [-0.39, 0.29) is 56.2 Å². The minimum absolute atomic E-state index is 0.0202. The molecule has 2 aromatic heterocycles. The van der Waals surface area contributed by atoms with Crippen molar-refractivity contribution < 1.29 is 38.0 Å². The monoisotopic (exact) mass is 576 g/mol. The Morgan fingerprint density at radius 3 is 2.95 bits per heavy atom. The number of hydrogen-bond acceptors (Lipinski definition) is 9. The lowest BCUT2D eigenvalue weighted by Crippen LogP contribution is -2.34. The zero-order chi connectivity index (χ0) is 27.8. The smallest absolute Gasteiger partial charge is 0.296 e. The Labute approximate surface area is 234 Å². The van der Waals surface area contributed by atoms with E-state index in [0.717, 1.165) is 12.0 Å². The predicted octanol–water partition coefficient (Wildman–Crippen LogP) is 2.07. The number of benzene rings is 1. The molecule has 13 heteroatoms. The first kappa shape index (κ1) is 27.2. The Bertz CT molecular complexity index is 1400. The third kappa shape index (κ3) is 5.46. The predicted molar refractivity (Wildman–Crippen MR) is 140 cm³/mol. The van der Waals surface area contributed by atoms with Crippen molar-refractivity contribution in [2.75, 3.05) is 40.1 Å². The van der Waals surface area contributed by atoms with Crippen molar-refractivity contribution in [1.82, 2.24) is 20.3 Å². The van der Waals surface area contributed by atoms with Crippen molar-refractivity contribution in [3.05, 3.63) is 45.9 Å². The average Bonchev–Trinajstić information content (AvgIpc) is 3.69. The number of nitrogens with one attached hydrogen (secondary N) is 2. The second-order valence-electron chi connectivity index (χ2n) is 10.2. The highest BCUT2D eigenvalue weighted by molar-refractivity contribution is 6.31. The molecule has 6 rings (SSSR count). The van der Waals surface area contributed by atoms with Crippen LogP contribution in [0.4, 0.5) is 4.39 Å². The number of aliphatic hydroxyl groups excluding tert-OH is 1. The fraction of sp³-hybridized carbons (Fsp3) is 0.519. The van der Waals surface area contributed by atoms with E-state index < -0.39 is 18.3 Å². The molecule has 0 bridgehead atoms.